The van der Waals surface area contributed by atoms with E-state index in [1.807, 2.05) is 56.3 Å². The Bertz CT molecular complexity index is 950. The Hall–Kier alpha value is -2.95. The topological polar surface area (TPSA) is 66.1 Å². The van der Waals surface area contributed by atoms with Crippen LogP contribution in [0.25, 0.3) is 10.8 Å². The summed E-state index contributed by atoms with van der Waals surface area (Å²) in [4.78, 5) is 25.1. The normalized spacial score (nSPS) is 10.2. The molecule has 5 nitrogen and oxygen atoms in total. The van der Waals surface area contributed by atoms with E-state index in [4.69, 9.17) is 0 Å². The molecule has 0 unspecified atom stereocenters. The number of benzene rings is 2. The van der Waals surface area contributed by atoms with Crippen LogP contribution in [0.4, 0.5) is 5.69 Å². The van der Waals surface area contributed by atoms with Gasteiger partial charge >= 0.3 is 0 Å². The number of H-pyrrole nitrogens is 1. The predicted molar refractivity (Wildman–Crippen MR) is 116 cm³/mol. The van der Waals surface area contributed by atoms with Crippen molar-refractivity contribution in [3.8, 4) is 0 Å². The summed E-state index contributed by atoms with van der Waals surface area (Å²) < 4.78 is 0. The van der Waals surface area contributed by atoms with Gasteiger partial charge in [-0.2, -0.15) is 5.10 Å². The van der Waals surface area contributed by atoms with Crippen LogP contribution in [-0.2, 0) is 11.2 Å². The van der Waals surface area contributed by atoms with Crippen molar-refractivity contribution in [3.63, 3.8) is 0 Å². The Kier molecular flexibility index (Phi) is 8.40. The number of hydrogen-bond donors (Lipinski definition) is 1. The van der Waals surface area contributed by atoms with E-state index >= 15 is 0 Å². The Morgan fingerprint density at radius 2 is 1.79 bits per heavy atom. The van der Waals surface area contributed by atoms with Gasteiger partial charge in [-0.25, -0.2) is 5.10 Å². The van der Waals surface area contributed by atoms with E-state index in [1.165, 1.54) is 0 Å². The summed E-state index contributed by atoms with van der Waals surface area (Å²) in [7, 11) is 0. The molecular formula is C23H29N3O2. The molecule has 1 N–H and O–H groups in total. The molecule has 148 valence electrons. The highest BCUT2D eigenvalue weighted by atomic mass is 16.1. The zero-order valence-corrected chi connectivity index (χ0v) is 16.9. The maximum Gasteiger partial charge on any atom is 0.272 e. The molecule has 2 aromatic carbocycles. The van der Waals surface area contributed by atoms with Gasteiger partial charge < -0.3 is 4.90 Å². The van der Waals surface area contributed by atoms with Gasteiger partial charge in [-0.1, -0.05) is 63.9 Å². The molecule has 0 aliphatic heterocycles. The molecule has 0 bridgehead atoms. The number of nitrogens with zero attached hydrogens (tertiary/aromatic N) is 2. The van der Waals surface area contributed by atoms with Crippen molar-refractivity contribution < 1.29 is 4.79 Å². The molecule has 1 aromatic heterocycles. The fraction of sp³-hybridized carbons (Fsp3) is 0.348. The first-order chi connectivity index (χ1) is 13.7. The van der Waals surface area contributed by atoms with Crippen molar-refractivity contribution in [2.24, 2.45) is 0 Å². The quantitative estimate of drug-likeness (QED) is 0.456. The van der Waals surface area contributed by atoms with Gasteiger partial charge in [-0.3, -0.25) is 9.59 Å². The summed E-state index contributed by atoms with van der Waals surface area (Å²) in [5.41, 5.74) is 2.58. The largest absolute Gasteiger partial charge is 0.315 e. The lowest BCUT2D eigenvalue weighted by molar-refractivity contribution is -0.107. The van der Waals surface area contributed by atoms with Crippen molar-refractivity contribution in [2.45, 2.75) is 46.5 Å². The number of carbonyl (C=O) groups is 1. The minimum absolute atomic E-state index is 0.179. The van der Waals surface area contributed by atoms with Crippen LogP contribution in [0.3, 0.4) is 0 Å². The summed E-state index contributed by atoms with van der Waals surface area (Å²) in [5, 5.41) is 8.31. The molecule has 0 radical (unpaired) electrons. The summed E-state index contributed by atoms with van der Waals surface area (Å²) in [6.45, 7) is 6.87. The number of amides is 1. The fourth-order valence-corrected chi connectivity index (χ4v) is 3.12. The maximum absolute atomic E-state index is 11.9. The van der Waals surface area contributed by atoms with Gasteiger partial charge in [-0.15, -0.1) is 0 Å². The molecule has 0 aliphatic carbocycles. The highest BCUT2D eigenvalue weighted by Gasteiger charge is 2.09. The first-order valence-electron chi connectivity index (χ1n) is 10.00. The van der Waals surface area contributed by atoms with E-state index in [0.29, 0.717) is 11.8 Å². The predicted octanol–water partition coefficient (Wildman–Crippen LogP) is 4.69. The maximum atomic E-state index is 11.9. The van der Waals surface area contributed by atoms with Crippen LogP contribution < -0.4 is 10.5 Å². The van der Waals surface area contributed by atoms with Gasteiger partial charge in [-0.05, 0) is 30.2 Å². The molecule has 1 amide bonds. The zero-order valence-electron chi connectivity index (χ0n) is 16.9. The van der Waals surface area contributed by atoms with Gasteiger partial charge in [0.05, 0.1) is 11.1 Å². The number of rotatable bonds is 8. The Balaban J connectivity index is 0.00000136. The first kappa shape index (κ1) is 21.4. The van der Waals surface area contributed by atoms with E-state index in [0.717, 1.165) is 54.5 Å². The van der Waals surface area contributed by atoms with Crippen LogP contribution in [0, 0.1) is 0 Å². The summed E-state index contributed by atoms with van der Waals surface area (Å²) in [6.07, 6.45) is 4.70. The summed E-state index contributed by atoms with van der Waals surface area (Å²) >= 11 is 0. The lowest BCUT2D eigenvalue weighted by atomic mass is 10.0. The van der Waals surface area contributed by atoms with Crippen molar-refractivity contribution in [1.29, 1.82) is 0 Å². The number of carbonyl (C=O) groups excluding carboxylic acids is 1. The highest BCUT2D eigenvalue weighted by molar-refractivity contribution is 5.83. The number of nitrogens with one attached hydrogen (secondary N) is 1. The second-order valence-electron chi connectivity index (χ2n) is 6.40. The molecule has 0 atom stereocenters. The Morgan fingerprint density at radius 3 is 2.50 bits per heavy atom. The number of hydrogen-bond acceptors (Lipinski definition) is 3. The molecule has 0 fully saturated rings. The molecular weight excluding hydrogens is 350 g/mol. The SMILES string of the molecule is CC.CCCCCN(C=O)c1cccc(Cc2n[nH]c(=O)c3ccccc23)c1. The lowest BCUT2D eigenvalue weighted by Crippen LogP contribution is -2.22. The van der Waals surface area contributed by atoms with Crippen LogP contribution in [-0.4, -0.2) is 23.2 Å². The van der Waals surface area contributed by atoms with Gasteiger partial charge in [0.1, 0.15) is 0 Å². The average Bonchev–Trinajstić information content (AvgIpc) is 2.75. The van der Waals surface area contributed by atoms with Crippen LogP contribution in [0.2, 0.25) is 0 Å². The number of anilines is 1. The molecule has 0 aliphatic rings. The summed E-state index contributed by atoms with van der Waals surface area (Å²) in [5.74, 6) is 0. The van der Waals surface area contributed by atoms with Crippen molar-refractivity contribution in [1.82, 2.24) is 10.2 Å². The van der Waals surface area contributed by atoms with E-state index in [-0.39, 0.29) is 5.56 Å². The average molecular weight is 380 g/mol. The molecule has 0 spiro atoms. The minimum Gasteiger partial charge on any atom is -0.315 e. The molecule has 28 heavy (non-hydrogen) atoms. The van der Waals surface area contributed by atoms with Gasteiger partial charge in [0.25, 0.3) is 5.56 Å². The molecule has 0 saturated heterocycles. The van der Waals surface area contributed by atoms with Gasteiger partial charge in [0.2, 0.25) is 6.41 Å². The van der Waals surface area contributed by atoms with E-state index in [1.54, 1.807) is 11.0 Å². The second kappa shape index (κ2) is 11.0. The molecule has 3 rings (SSSR count). The molecule has 5 heteroatoms. The molecule has 0 saturated carbocycles. The molecule has 3 aromatic rings. The smallest absolute Gasteiger partial charge is 0.272 e. The zero-order chi connectivity index (χ0) is 20.4. The van der Waals surface area contributed by atoms with E-state index < -0.39 is 0 Å². The third kappa shape index (κ3) is 5.28. The monoisotopic (exact) mass is 379 g/mol. The standard InChI is InChI=1S/C21H23N3O2.C2H6/c1-2-3-6-12-24(15-25)17-9-7-8-16(13-17)14-20-18-10-4-5-11-19(18)21(26)23-22-20;1-2/h4-5,7-11,13,15H,2-3,6,12,14H2,1H3,(H,23,26);1-2H3. The van der Waals surface area contributed by atoms with E-state index in [2.05, 4.69) is 17.1 Å². The highest BCUT2D eigenvalue weighted by Crippen LogP contribution is 2.20. The Morgan fingerprint density at radius 1 is 1.04 bits per heavy atom. The number of fused-ring (bicyclic) bond motifs is 1. The van der Waals surface area contributed by atoms with Crippen molar-refractivity contribution >= 4 is 22.9 Å². The molecule has 1 heterocycles. The second-order valence-corrected chi connectivity index (χ2v) is 6.40. The van der Waals surface area contributed by atoms with E-state index in [9.17, 15) is 9.59 Å². The lowest BCUT2D eigenvalue weighted by Gasteiger charge is -2.18. The number of aromatic nitrogens is 2. The van der Waals surface area contributed by atoms with Crippen molar-refractivity contribution in [2.75, 3.05) is 11.4 Å². The van der Waals surface area contributed by atoms with Crippen LogP contribution in [0.15, 0.2) is 53.3 Å². The van der Waals surface area contributed by atoms with Crippen molar-refractivity contribution in [3.05, 3.63) is 70.1 Å². The van der Waals surface area contributed by atoms with Crippen LogP contribution >= 0.6 is 0 Å². The van der Waals surface area contributed by atoms with Crippen LogP contribution in [0.5, 0.6) is 0 Å². The third-order valence-electron chi connectivity index (χ3n) is 4.52. The van der Waals surface area contributed by atoms with Gasteiger partial charge in [0, 0.05) is 24.0 Å². The number of unbranched alkanes of at least 4 members (excludes halogenated alkanes) is 2. The van der Waals surface area contributed by atoms with Crippen LogP contribution in [0.1, 0.15) is 51.3 Å². The summed E-state index contributed by atoms with van der Waals surface area (Å²) in [6, 6.07) is 15.4. The fourth-order valence-electron chi connectivity index (χ4n) is 3.12. The Labute approximate surface area is 166 Å². The third-order valence-corrected chi connectivity index (χ3v) is 4.52. The number of aromatic amines is 1. The minimum atomic E-state index is -0.179. The first-order valence-corrected chi connectivity index (χ1v) is 10.00. The van der Waals surface area contributed by atoms with Gasteiger partial charge in [0.15, 0.2) is 0 Å².